The van der Waals surface area contributed by atoms with Crippen molar-refractivity contribution in [2.24, 2.45) is 5.41 Å². The first-order chi connectivity index (χ1) is 14.9. The zero-order chi connectivity index (χ0) is 22.3. The van der Waals surface area contributed by atoms with Crippen LogP contribution in [-0.2, 0) is 0 Å². The van der Waals surface area contributed by atoms with Crippen LogP contribution in [0.25, 0.3) is 0 Å². The SMILES string of the molecule is CC(Nc1ccc(C(=O)NCC2(CCO)CCCCC2)cc1[N+](=O)[O-])c1ccccn1. The fourth-order valence-electron chi connectivity index (χ4n) is 4.31. The molecule has 31 heavy (non-hydrogen) atoms. The highest BCUT2D eigenvalue weighted by Crippen LogP contribution is 2.38. The Morgan fingerprint density at radius 1 is 1.26 bits per heavy atom. The van der Waals surface area contributed by atoms with Crippen LogP contribution in [0.5, 0.6) is 0 Å². The third-order valence-corrected chi connectivity index (χ3v) is 6.14. The van der Waals surface area contributed by atoms with Gasteiger partial charge in [-0.25, -0.2) is 0 Å². The Bertz CT molecular complexity index is 892. The predicted octanol–water partition coefficient (Wildman–Crippen LogP) is 4.23. The maximum Gasteiger partial charge on any atom is 0.293 e. The van der Waals surface area contributed by atoms with E-state index in [2.05, 4.69) is 15.6 Å². The molecule has 8 nitrogen and oxygen atoms in total. The van der Waals surface area contributed by atoms with E-state index in [4.69, 9.17) is 0 Å². The van der Waals surface area contributed by atoms with E-state index < -0.39 is 4.92 Å². The summed E-state index contributed by atoms with van der Waals surface area (Å²) in [6.45, 7) is 2.44. The monoisotopic (exact) mass is 426 g/mol. The highest BCUT2D eigenvalue weighted by atomic mass is 16.6. The van der Waals surface area contributed by atoms with E-state index in [0.717, 1.165) is 31.4 Å². The van der Waals surface area contributed by atoms with Gasteiger partial charge in [-0.1, -0.05) is 25.3 Å². The van der Waals surface area contributed by atoms with E-state index in [-0.39, 0.29) is 35.2 Å². The summed E-state index contributed by atoms with van der Waals surface area (Å²) in [5.74, 6) is -0.338. The number of aliphatic hydroxyl groups is 1. The number of nitrogens with one attached hydrogen (secondary N) is 2. The van der Waals surface area contributed by atoms with Gasteiger partial charge in [0, 0.05) is 31.0 Å². The summed E-state index contributed by atoms with van der Waals surface area (Å²) < 4.78 is 0. The first-order valence-corrected chi connectivity index (χ1v) is 10.8. The highest BCUT2D eigenvalue weighted by Gasteiger charge is 2.32. The second-order valence-electron chi connectivity index (χ2n) is 8.33. The van der Waals surface area contributed by atoms with Crippen molar-refractivity contribution in [2.45, 2.75) is 51.5 Å². The maximum absolute atomic E-state index is 12.7. The normalized spacial score (nSPS) is 16.3. The second kappa shape index (κ2) is 10.3. The number of amides is 1. The number of aromatic nitrogens is 1. The number of hydrogen-bond donors (Lipinski definition) is 3. The van der Waals surface area contributed by atoms with Crippen molar-refractivity contribution in [1.29, 1.82) is 0 Å². The maximum atomic E-state index is 12.7. The first kappa shape index (κ1) is 22.7. The number of benzene rings is 1. The van der Waals surface area contributed by atoms with E-state index in [1.165, 1.54) is 12.5 Å². The Morgan fingerprint density at radius 2 is 2.03 bits per heavy atom. The second-order valence-corrected chi connectivity index (χ2v) is 8.33. The van der Waals surface area contributed by atoms with Crippen LogP contribution in [0, 0.1) is 15.5 Å². The Balaban J connectivity index is 1.72. The lowest BCUT2D eigenvalue weighted by Crippen LogP contribution is -2.39. The standard InChI is InChI=1S/C23H30N4O4/c1-17(19-7-3-6-13-24-19)26-20-9-8-18(15-21(20)27(30)31)22(29)25-16-23(12-14-28)10-4-2-5-11-23/h3,6-9,13,15,17,26,28H,2,4-5,10-12,14,16H2,1H3,(H,25,29). The molecular weight excluding hydrogens is 396 g/mol. The molecule has 1 saturated carbocycles. The molecule has 2 aromatic rings. The number of rotatable bonds is 9. The molecule has 1 aromatic heterocycles. The highest BCUT2D eigenvalue weighted by molar-refractivity contribution is 5.95. The van der Waals surface area contributed by atoms with Gasteiger partial charge in [0.05, 0.1) is 16.7 Å². The minimum Gasteiger partial charge on any atom is -0.396 e. The molecule has 1 atom stereocenters. The molecule has 0 saturated heterocycles. The van der Waals surface area contributed by atoms with Crippen molar-refractivity contribution < 1.29 is 14.8 Å². The van der Waals surface area contributed by atoms with Gasteiger partial charge in [0.15, 0.2) is 0 Å². The van der Waals surface area contributed by atoms with Crippen LogP contribution < -0.4 is 10.6 Å². The number of nitrogens with zero attached hydrogens (tertiary/aromatic N) is 2. The van der Waals surface area contributed by atoms with Crippen molar-refractivity contribution in [3.05, 3.63) is 64.0 Å². The molecule has 3 N–H and O–H groups in total. The van der Waals surface area contributed by atoms with Gasteiger partial charge in [-0.2, -0.15) is 0 Å². The van der Waals surface area contributed by atoms with Gasteiger partial charge >= 0.3 is 0 Å². The van der Waals surface area contributed by atoms with Crippen LogP contribution in [0.15, 0.2) is 42.6 Å². The van der Waals surface area contributed by atoms with Gasteiger partial charge in [0.25, 0.3) is 11.6 Å². The van der Waals surface area contributed by atoms with E-state index in [1.54, 1.807) is 18.3 Å². The van der Waals surface area contributed by atoms with E-state index in [1.807, 2.05) is 25.1 Å². The fraction of sp³-hybridized carbons (Fsp3) is 0.478. The van der Waals surface area contributed by atoms with Crippen molar-refractivity contribution in [3.8, 4) is 0 Å². The van der Waals surface area contributed by atoms with Gasteiger partial charge in [-0.05, 0) is 55.9 Å². The summed E-state index contributed by atoms with van der Waals surface area (Å²) in [5.41, 5.74) is 1.11. The molecule has 1 amide bonds. The molecule has 166 valence electrons. The minimum absolute atomic E-state index is 0.0891. The Hall–Kier alpha value is -3.00. The summed E-state index contributed by atoms with van der Waals surface area (Å²) in [4.78, 5) is 28.2. The summed E-state index contributed by atoms with van der Waals surface area (Å²) in [6.07, 6.45) is 7.64. The topological polar surface area (TPSA) is 117 Å². The van der Waals surface area contributed by atoms with Crippen molar-refractivity contribution in [3.63, 3.8) is 0 Å². The van der Waals surface area contributed by atoms with Crippen LogP contribution in [-0.4, -0.2) is 34.1 Å². The third-order valence-electron chi connectivity index (χ3n) is 6.14. The molecule has 1 aliphatic rings. The Kier molecular flexibility index (Phi) is 7.57. The lowest BCUT2D eigenvalue weighted by Gasteiger charge is -2.37. The lowest BCUT2D eigenvalue weighted by atomic mass is 9.72. The van der Waals surface area contributed by atoms with Crippen LogP contribution in [0.3, 0.4) is 0 Å². The zero-order valence-corrected chi connectivity index (χ0v) is 17.8. The van der Waals surface area contributed by atoms with Crippen molar-refractivity contribution in [2.75, 3.05) is 18.5 Å². The molecule has 0 radical (unpaired) electrons. The molecule has 1 aromatic carbocycles. The number of hydrogen-bond acceptors (Lipinski definition) is 6. The van der Waals surface area contributed by atoms with Crippen molar-refractivity contribution in [1.82, 2.24) is 10.3 Å². The lowest BCUT2D eigenvalue weighted by molar-refractivity contribution is -0.384. The number of nitro groups is 1. The molecular formula is C23H30N4O4. The predicted molar refractivity (Wildman–Crippen MR) is 119 cm³/mol. The van der Waals surface area contributed by atoms with E-state index >= 15 is 0 Å². The fourth-order valence-corrected chi connectivity index (χ4v) is 4.31. The number of nitro benzene ring substituents is 1. The molecule has 1 unspecified atom stereocenters. The van der Waals surface area contributed by atoms with Gasteiger partial charge in [-0.3, -0.25) is 19.9 Å². The summed E-state index contributed by atoms with van der Waals surface area (Å²) in [6, 6.07) is 9.75. The van der Waals surface area contributed by atoms with E-state index in [0.29, 0.717) is 18.7 Å². The van der Waals surface area contributed by atoms with Gasteiger partial charge in [0.1, 0.15) is 5.69 Å². The summed E-state index contributed by atoms with van der Waals surface area (Å²) in [7, 11) is 0. The van der Waals surface area contributed by atoms with Crippen LogP contribution in [0.2, 0.25) is 0 Å². The molecule has 1 heterocycles. The van der Waals surface area contributed by atoms with Gasteiger partial charge < -0.3 is 15.7 Å². The molecule has 8 heteroatoms. The van der Waals surface area contributed by atoms with Crippen LogP contribution in [0.1, 0.15) is 67.5 Å². The zero-order valence-electron chi connectivity index (χ0n) is 17.8. The average Bonchev–Trinajstić information content (AvgIpc) is 2.79. The Morgan fingerprint density at radius 3 is 2.68 bits per heavy atom. The summed E-state index contributed by atoms with van der Waals surface area (Å²) >= 11 is 0. The summed E-state index contributed by atoms with van der Waals surface area (Å²) in [5, 5.41) is 27.2. The molecule has 3 rings (SSSR count). The number of anilines is 1. The third kappa shape index (κ3) is 5.79. The minimum atomic E-state index is -0.487. The molecule has 0 aliphatic heterocycles. The number of aliphatic hydroxyl groups excluding tert-OH is 1. The molecule has 1 aliphatic carbocycles. The quantitative estimate of drug-likeness (QED) is 0.408. The van der Waals surface area contributed by atoms with Gasteiger partial charge in [0.2, 0.25) is 0 Å². The largest absolute Gasteiger partial charge is 0.396 e. The number of carbonyl (C=O) groups is 1. The van der Waals surface area contributed by atoms with E-state index in [9.17, 15) is 20.0 Å². The smallest absolute Gasteiger partial charge is 0.293 e. The average molecular weight is 427 g/mol. The number of carbonyl (C=O) groups excluding carboxylic acids is 1. The van der Waals surface area contributed by atoms with Crippen LogP contribution >= 0.6 is 0 Å². The van der Waals surface area contributed by atoms with Crippen LogP contribution in [0.4, 0.5) is 11.4 Å². The van der Waals surface area contributed by atoms with Gasteiger partial charge in [-0.15, -0.1) is 0 Å². The molecule has 0 spiro atoms. The molecule has 1 fully saturated rings. The number of pyridine rings is 1. The molecule has 0 bridgehead atoms. The van der Waals surface area contributed by atoms with Crippen molar-refractivity contribution >= 4 is 17.3 Å². The first-order valence-electron chi connectivity index (χ1n) is 10.8. The Labute approximate surface area is 182 Å².